The first kappa shape index (κ1) is 10.8. The quantitative estimate of drug-likeness (QED) is 0.789. The number of hydrogen-bond acceptors (Lipinski definition) is 1. The fourth-order valence-electron chi connectivity index (χ4n) is 1.51. The van der Waals surface area contributed by atoms with Crippen LogP contribution in [0.4, 0.5) is 5.69 Å². The van der Waals surface area contributed by atoms with Gasteiger partial charge in [0.2, 0.25) is 5.91 Å². The van der Waals surface area contributed by atoms with Gasteiger partial charge in [-0.3, -0.25) is 4.79 Å². The van der Waals surface area contributed by atoms with Gasteiger partial charge in [-0.1, -0.05) is 18.2 Å². The molecule has 82 valence electrons. The Bertz CT molecular complexity index is 480. The van der Waals surface area contributed by atoms with E-state index >= 15 is 0 Å². The molecule has 0 saturated heterocycles. The van der Waals surface area contributed by atoms with Crippen LogP contribution in [0.25, 0.3) is 11.3 Å². The van der Waals surface area contributed by atoms with Gasteiger partial charge in [-0.15, -0.1) is 11.6 Å². The lowest BCUT2D eigenvalue weighted by atomic mass is 10.1. The van der Waals surface area contributed by atoms with E-state index in [-0.39, 0.29) is 11.8 Å². The highest BCUT2D eigenvalue weighted by Crippen LogP contribution is 2.26. The van der Waals surface area contributed by atoms with Gasteiger partial charge >= 0.3 is 0 Å². The van der Waals surface area contributed by atoms with Crippen molar-refractivity contribution in [2.45, 2.75) is 0 Å². The standard InChI is InChI=1S/C12H11ClN2O/c13-8-12(16)15-11-5-2-1-4-9(11)10-6-3-7-14-10/h1-7,14H,8H2,(H,15,16). The molecule has 1 amide bonds. The lowest BCUT2D eigenvalue weighted by molar-refractivity contribution is -0.113. The third-order valence-electron chi connectivity index (χ3n) is 2.21. The summed E-state index contributed by atoms with van der Waals surface area (Å²) in [5.41, 5.74) is 2.67. The number of aromatic nitrogens is 1. The van der Waals surface area contributed by atoms with Gasteiger partial charge < -0.3 is 10.3 Å². The zero-order valence-electron chi connectivity index (χ0n) is 8.53. The number of amides is 1. The molecule has 0 bridgehead atoms. The lowest BCUT2D eigenvalue weighted by Crippen LogP contribution is -2.13. The highest BCUT2D eigenvalue weighted by molar-refractivity contribution is 6.29. The Balaban J connectivity index is 2.35. The summed E-state index contributed by atoms with van der Waals surface area (Å²) < 4.78 is 0. The molecule has 1 aromatic carbocycles. The Morgan fingerprint density at radius 3 is 2.75 bits per heavy atom. The number of anilines is 1. The van der Waals surface area contributed by atoms with Crippen LogP contribution in [0, 0.1) is 0 Å². The molecule has 4 heteroatoms. The summed E-state index contributed by atoms with van der Waals surface area (Å²) in [6.07, 6.45) is 1.84. The number of hydrogen-bond donors (Lipinski definition) is 2. The minimum absolute atomic E-state index is 0.0426. The smallest absolute Gasteiger partial charge is 0.239 e. The first-order valence-corrected chi connectivity index (χ1v) is 5.43. The van der Waals surface area contributed by atoms with E-state index in [2.05, 4.69) is 10.3 Å². The van der Waals surface area contributed by atoms with E-state index in [0.29, 0.717) is 0 Å². The fourth-order valence-corrected chi connectivity index (χ4v) is 1.58. The van der Waals surface area contributed by atoms with Crippen molar-refractivity contribution in [1.82, 2.24) is 4.98 Å². The average molecular weight is 235 g/mol. The predicted octanol–water partition coefficient (Wildman–Crippen LogP) is 2.86. The maximum Gasteiger partial charge on any atom is 0.239 e. The number of carbonyl (C=O) groups excluding carboxylic acids is 1. The number of carbonyl (C=O) groups is 1. The number of alkyl halides is 1. The van der Waals surface area contributed by atoms with Crippen molar-refractivity contribution in [3.8, 4) is 11.3 Å². The largest absolute Gasteiger partial charge is 0.361 e. The lowest BCUT2D eigenvalue weighted by Gasteiger charge is -2.08. The molecule has 2 N–H and O–H groups in total. The molecule has 0 radical (unpaired) electrons. The number of H-pyrrole nitrogens is 1. The second kappa shape index (κ2) is 4.86. The topological polar surface area (TPSA) is 44.9 Å². The van der Waals surface area contributed by atoms with E-state index in [1.54, 1.807) is 0 Å². The Labute approximate surface area is 98.4 Å². The fraction of sp³-hybridized carbons (Fsp3) is 0.0833. The Hall–Kier alpha value is -1.74. The van der Waals surface area contributed by atoms with Gasteiger partial charge in [0, 0.05) is 17.5 Å². The first-order valence-electron chi connectivity index (χ1n) is 4.90. The van der Waals surface area contributed by atoms with Crippen molar-refractivity contribution in [3.63, 3.8) is 0 Å². The molecule has 0 saturated carbocycles. The molecular formula is C12H11ClN2O. The average Bonchev–Trinajstić information content (AvgIpc) is 2.83. The summed E-state index contributed by atoms with van der Waals surface area (Å²) in [6.45, 7) is 0. The van der Waals surface area contributed by atoms with E-state index < -0.39 is 0 Å². The van der Waals surface area contributed by atoms with Gasteiger partial charge in [0.05, 0.1) is 5.69 Å². The predicted molar refractivity (Wildman–Crippen MR) is 65.6 cm³/mol. The second-order valence-corrected chi connectivity index (χ2v) is 3.58. The zero-order valence-corrected chi connectivity index (χ0v) is 9.29. The van der Waals surface area contributed by atoms with Crippen LogP contribution in [-0.4, -0.2) is 16.8 Å². The van der Waals surface area contributed by atoms with Crippen molar-refractivity contribution < 1.29 is 4.79 Å². The number of aromatic amines is 1. The SMILES string of the molecule is O=C(CCl)Nc1ccccc1-c1ccc[nH]1. The monoisotopic (exact) mass is 234 g/mol. The minimum Gasteiger partial charge on any atom is -0.361 e. The van der Waals surface area contributed by atoms with Crippen LogP contribution < -0.4 is 5.32 Å². The molecule has 0 aliphatic rings. The molecule has 3 nitrogen and oxygen atoms in total. The van der Waals surface area contributed by atoms with E-state index in [4.69, 9.17) is 11.6 Å². The number of nitrogens with one attached hydrogen (secondary N) is 2. The van der Waals surface area contributed by atoms with Crippen LogP contribution in [0.3, 0.4) is 0 Å². The molecule has 0 fully saturated rings. The molecular weight excluding hydrogens is 224 g/mol. The van der Waals surface area contributed by atoms with E-state index in [1.807, 2.05) is 42.6 Å². The van der Waals surface area contributed by atoms with Gasteiger partial charge in [0.1, 0.15) is 5.88 Å². The van der Waals surface area contributed by atoms with Gasteiger partial charge in [-0.05, 0) is 18.2 Å². The summed E-state index contributed by atoms with van der Waals surface area (Å²) in [6, 6.07) is 11.4. The van der Waals surface area contributed by atoms with Crippen LogP contribution in [0.1, 0.15) is 0 Å². The number of benzene rings is 1. The highest BCUT2D eigenvalue weighted by Gasteiger charge is 2.07. The Morgan fingerprint density at radius 2 is 2.06 bits per heavy atom. The molecule has 0 aliphatic carbocycles. The van der Waals surface area contributed by atoms with E-state index in [1.165, 1.54) is 0 Å². The van der Waals surface area contributed by atoms with Crippen LogP contribution in [0.15, 0.2) is 42.6 Å². The van der Waals surface area contributed by atoms with E-state index in [0.717, 1.165) is 16.9 Å². The van der Waals surface area contributed by atoms with Crippen molar-refractivity contribution >= 4 is 23.2 Å². The van der Waals surface area contributed by atoms with Crippen molar-refractivity contribution in [2.24, 2.45) is 0 Å². The molecule has 1 aromatic heterocycles. The van der Waals surface area contributed by atoms with Gasteiger partial charge in [-0.25, -0.2) is 0 Å². The Kier molecular flexibility index (Phi) is 3.27. The molecule has 0 spiro atoms. The minimum atomic E-state index is -0.208. The molecule has 2 rings (SSSR count). The maximum absolute atomic E-state index is 11.2. The number of para-hydroxylation sites is 1. The number of rotatable bonds is 3. The molecule has 16 heavy (non-hydrogen) atoms. The molecule has 0 atom stereocenters. The summed E-state index contributed by atoms with van der Waals surface area (Å²) in [7, 11) is 0. The number of halogens is 1. The third kappa shape index (κ3) is 2.25. The van der Waals surface area contributed by atoms with Crippen LogP contribution in [-0.2, 0) is 4.79 Å². The molecule has 2 aromatic rings. The Morgan fingerprint density at radius 1 is 1.25 bits per heavy atom. The van der Waals surface area contributed by atoms with Crippen molar-refractivity contribution in [1.29, 1.82) is 0 Å². The first-order chi connectivity index (χ1) is 7.81. The summed E-state index contributed by atoms with van der Waals surface area (Å²) in [5.74, 6) is -0.250. The van der Waals surface area contributed by atoms with Crippen molar-refractivity contribution in [2.75, 3.05) is 11.2 Å². The second-order valence-electron chi connectivity index (χ2n) is 3.31. The van der Waals surface area contributed by atoms with Gasteiger partial charge in [0.15, 0.2) is 0 Å². The molecule has 0 unspecified atom stereocenters. The molecule has 0 aliphatic heterocycles. The van der Waals surface area contributed by atoms with Crippen LogP contribution >= 0.6 is 11.6 Å². The van der Waals surface area contributed by atoms with Crippen LogP contribution in [0.5, 0.6) is 0 Å². The zero-order chi connectivity index (χ0) is 11.4. The third-order valence-corrected chi connectivity index (χ3v) is 2.45. The highest BCUT2D eigenvalue weighted by atomic mass is 35.5. The normalized spacial score (nSPS) is 10.1. The maximum atomic E-state index is 11.2. The van der Waals surface area contributed by atoms with Crippen LogP contribution in [0.2, 0.25) is 0 Å². The summed E-state index contributed by atoms with van der Waals surface area (Å²) in [4.78, 5) is 14.4. The molecule has 1 heterocycles. The van der Waals surface area contributed by atoms with E-state index in [9.17, 15) is 4.79 Å². The van der Waals surface area contributed by atoms with Gasteiger partial charge in [0.25, 0.3) is 0 Å². The van der Waals surface area contributed by atoms with Crippen molar-refractivity contribution in [3.05, 3.63) is 42.6 Å². The summed E-state index contributed by atoms with van der Waals surface area (Å²) in [5, 5.41) is 2.76. The summed E-state index contributed by atoms with van der Waals surface area (Å²) >= 11 is 5.46. The van der Waals surface area contributed by atoms with Gasteiger partial charge in [-0.2, -0.15) is 0 Å².